The van der Waals surface area contributed by atoms with E-state index >= 15 is 0 Å². The Kier molecular flexibility index (Phi) is 3.85. The highest BCUT2D eigenvalue weighted by Gasteiger charge is 2.27. The second kappa shape index (κ2) is 5.95. The standard InChI is InChI=1S/C15H19N5O/c1-19-11-17-14(18-19)9-16-15(21)20-8-7-13(10-20)12-5-3-2-4-6-12/h2-6,11,13H,7-10H2,1H3,(H,16,21). The molecule has 1 aromatic carbocycles. The molecule has 1 N–H and O–H groups in total. The Morgan fingerprint density at radius 3 is 2.90 bits per heavy atom. The normalized spacial score (nSPS) is 18.0. The van der Waals surface area contributed by atoms with E-state index in [1.54, 1.807) is 11.0 Å². The van der Waals surface area contributed by atoms with Crippen LogP contribution in [0.2, 0.25) is 0 Å². The minimum atomic E-state index is -0.0408. The van der Waals surface area contributed by atoms with Gasteiger partial charge in [-0.05, 0) is 12.0 Å². The highest BCUT2D eigenvalue weighted by molar-refractivity contribution is 5.74. The molecule has 1 aromatic heterocycles. The van der Waals surface area contributed by atoms with Gasteiger partial charge in [-0.25, -0.2) is 9.78 Å². The molecule has 1 aliphatic rings. The zero-order valence-electron chi connectivity index (χ0n) is 12.1. The molecule has 1 atom stereocenters. The van der Waals surface area contributed by atoms with Gasteiger partial charge in [-0.2, -0.15) is 5.10 Å². The van der Waals surface area contributed by atoms with Gasteiger partial charge in [0, 0.05) is 26.1 Å². The molecular formula is C15H19N5O. The van der Waals surface area contributed by atoms with Gasteiger partial charge in [-0.3, -0.25) is 4.68 Å². The third kappa shape index (κ3) is 3.21. The summed E-state index contributed by atoms with van der Waals surface area (Å²) in [6, 6.07) is 10.3. The summed E-state index contributed by atoms with van der Waals surface area (Å²) in [6.45, 7) is 1.93. The molecule has 6 heteroatoms. The van der Waals surface area contributed by atoms with Crippen LogP contribution in [0.3, 0.4) is 0 Å². The summed E-state index contributed by atoms with van der Waals surface area (Å²) in [6.07, 6.45) is 2.64. The van der Waals surface area contributed by atoms with Crippen LogP contribution in [-0.2, 0) is 13.6 Å². The molecule has 2 heterocycles. The van der Waals surface area contributed by atoms with E-state index in [2.05, 4.69) is 27.5 Å². The quantitative estimate of drug-likeness (QED) is 0.930. The molecule has 1 aliphatic heterocycles. The summed E-state index contributed by atoms with van der Waals surface area (Å²) >= 11 is 0. The van der Waals surface area contributed by atoms with Crippen molar-refractivity contribution in [3.8, 4) is 0 Å². The summed E-state index contributed by atoms with van der Waals surface area (Å²) in [5, 5.41) is 7.02. The summed E-state index contributed by atoms with van der Waals surface area (Å²) in [7, 11) is 1.81. The number of amides is 2. The first-order valence-electron chi connectivity index (χ1n) is 7.14. The molecule has 1 fully saturated rings. The van der Waals surface area contributed by atoms with Crippen LogP contribution in [0.4, 0.5) is 4.79 Å². The van der Waals surface area contributed by atoms with Gasteiger partial charge >= 0.3 is 6.03 Å². The lowest BCUT2D eigenvalue weighted by molar-refractivity contribution is 0.207. The van der Waals surface area contributed by atoms with Crippen molar-refractivity contribution in [2.24, 2.45) is 7.05 Å². The summed E-state index contributed by atoms with van der Waals surface area (Å²) in [5.74, 6) is 1.06. The Morgan fingerprint density at radius 2 is 2.19 bits per heavy atom. The summed E-state index contributed by atoms with van der Waals surface area (Å²) in [4.78, 5) is 18.1. The van der Waals surface area contributed by atoms with Gasteiger partial charge in [0.2, 0.25) is 0 Å². The number of carbonyl (C=O) groups is 1. The lowest BCUT2D eigenvalue weighted by atomic mass is 9.99. The van der Waals surface area contributed by atoms with E-state index in [1.165, 1.54) is 5.56 Å². The Bertz CT molecular complexity index is 610. The minimum Gasteiger partial charge on any atom is -0.331 e. The molecule has 0 aliphatic carbocycles. The number of rotatable bonds is 3. The lowest BCUT2D eigenvalue weighted by Gasteiger charge is -2.17. The van der Waals surface area contributed by atoms with Crippen molar-refractivity contribution in [1.29, 1.82) is 0 Å². The fourth-order valence-electron chi connectivity index (χ4n) is 2.67. The first-order valence-corrected chi connectivity index (χ1v) is 7.14. The fraction of sp³-hybridized carbons (Fsp3) is 0.400. The molecule has 2 aromatic rings. The average molecular weight is 285 g/mol. The van der Waals surface area contributed by atoms with Crippen LogP contribution >= 0.6 is 0 Å². The Labute approximate surface area is 123 Å². The maximum Gasteiger partial charge on any atom is 0.317 e. The minimum absolute atomic E-state index is 0.0408. The molecule has 0 radical (unpaired) electrons. The Morgan fingerprint density at radius 1 is 1.38 bits per heavy atom. The molecule has 1 unspecified atom stereocenters. The zero-order valence-corrected chi connectivity index (χ0v) is 12.1. The van der Waals surface area contributed by atoms with E-state index in [0.717, 1.165) is 19.5 Å². The molecule has 1 saturated heterocycles. The van der Waals surface area contributed by atoms with Gasteiger partial charge in [-0.15, -0.1) is 0 Å². The van der Waals surface area contributed by atoms with E-state index in [0.29, 0.717) is 18.3 Å². The van der Waals surface area contributed by atoms with Crippen molar-refractivity contribution in [3.63, 3.8) is 0 Å². The molecule has 6 nitrogen and oxygen atoms in total. The molecule has 3 rings (SSSR count). The van der Waals surface area contributed by atoms with E-state index in [-0.39, 0.29) is 6.03 Å². The number of hydrogen-bond donors (Lipinski definition) is 1. The maximum atomic E-state index is 12.2. The number of aryl methyl sites for hydroxylation is 1. The Hall–Kier alpha value is -2.37. The maximum absolute atomic E-state index is 12.2. The topological polar surface area (TPSA) is 63.1 Å². The van der Waals surface area contributed by atoms with Crippen LogP contribution in [0, 0.1) is 0 Å². The van der Waals surface area contributed by atoms with Crippen molar-refractivity contribution >= 4 is 6.03 Å². The highest BCUT2D eigenvalue weighted by atomic mass is 16.2. The predicted octanol–water partition coefficient (Wildman–Crippen LogP) is 1.51. The second-order valence-electron chi connectivity index (χ2n) is 5.34. The molecule has 0 spiro atoms. The van der Waals surface area contributed by atoms with Gasteiger partial charge in [0.15, 0.2) is 5.82 Å². The fourth-order valence-corrected chi connectivity index (χ4v) is 2.67. The van der Waals surface area contributed by atoms with Crippen molar-refractivity contribution in [2.45, 2.75) is 18.9 Å². The number of benzene rings is 1. The molecule has 0 bridgehead atoms. The van der Waals surface area contributed by atoms with Crippen LogP contribution in [0.15, 0.2) is 36.7 Å². The average Bonchev–Trinajstić information content (AvgIpc) is 3.15. The van der Waals surface area contributed by atoms with E-state index in [4.69, 9.17) is 0 Å². The van der Waals surface area contributed by atoms with Crippen LogP contribution in [0.25, 0.3) is 0 Å². The monoisotopic (exact) mass is 285 g/mol. The van der Waals surface area contributed by atoms with E-state index in [1.807, 2.05) is 30.1 Å². The van der Waals surface area contributed by atoms with Crippen molar-refractivity contribution in [3.05, 3.63) is 48.0 Å². The lowest BCUT2D eigenvalue weighted by Crippen LogP contribution is -2.38. The van der Waals surface area contributed by atoms with Gasteiger partial charge in [-0.1, -0.05) is 30.3 Å². The SMILES string of the molecule is Cn1cnc(CNC(=O)N2CCC(c3ccccc3)C2)n1. The van der Waals surface area contributed by atoms with Crippen LogP contribution in [-0.4, -0.2) is 38.8 Å². The van der Waals surface area contributed by atoms with Crippen molar-refractivity contribution in [1.82, 2.24) is 25.0 Å². The molecule has 21 heavy (non-hydrogen) atoms. The van der Waals surface area contributed by atoms with Crippen molar-refractivity contribution in [2.75, 3.05) is 13.1 Å². The molecule has 0 saturated carbocycles. The number of nitrogens with zero attached hydrogens (tertiary/aromatic N) is 4. The van der Waals surface area contributed by atoms with E-state index in [9.17, 15) is 4.79 Å². The predicted molar refractivity (Wildman–Crippen MR) is 78.6 cm³/mol. The number of carbonyl (C=O) groups excluding carboxylic acids is 1. The van der Waals surface area contributed by atoms with Crippen LogP contribution < -0.4 is 5.32 Å². The van der Waals surface area contributed by atoms with Crippen LogP contribution in [0.5, 0.6) is 0 Å². The number of aromatic nitrogens is 3. The van der Waals surface area contributed by atoms with Gasteiger partial charge in [0.25, 0.3) is 0 Å². The first-order chi connectivity index (χ1) is 10.2. The summed E-state index contributed by atoms with van der Waals surface area (Å²) in [5.41, 5.74) is 1.30. The van der Waals surface area contributed by atoms with E-state index < -0.39 is 0 Å². The number of likely N-dealkylation sites (tertiary alicyclic amines) is 1. The van der Waals surface area contributed by atoms with Gasteiger partial charge in [0.1, 0.15) is 6.33 Å². The molecule has 110 valence electrons. The summed E-state index contributed by atoms with van der Waals surface area (Å²) < 4.78 is 1.63. The third-order valence-corrected chi connectivity index (χ3v) is 3.79. The number of urea groups is 1. The number of nitrogens with one attached hydrogen (secondary N) is 1. The largest absolute Gasteiger partial charge is 0.331 e. The molecular weight excluding hydrogens is 266 g/mol. The smallest absolute Gasteiger partial charge is 0.317 e. The van der Waals surface area contributed by atoms with Gasteiger partial charge in [0.05, 0.1) is 6.54 Å². The van der Waals surface area contributed by atoms with Gasteiger partial charge < -0.3 is 10.2 Å². The van der Waals surface area contributed by atoms with Crippen LogP contribution in [0.1, 0.15) is 23.7 Å². The Balaban J connectivity index is 1.52. The third-order valence-electron chi connectivity index (χ3n) is 3.79. The molecule has 2 amide bonds. The zero-order chi connectivity index (χ0) is 14.7. The first kappa shape index (κ1) is 13.6. The second-order valence-corrected chi connectivity index (χ2v) is 5.34. The highest BCUT2D eigenvalue weighted by Crippen LogP contribution is 2.26. The van der Waals surface area contributed by atoms with Crippen molar-refractivity contribution < 1.29 is 4.79 Å². The number of hydrogen-bond acceptors (Lipinski definition) is 3.